The molecule has 1 saturated heterocycles. The van der Waals surface area contributed by atoms with E-state index in [0.29, 0.717) is 6.10 Å². The van der Waals surface area contributed by atoms with Crippen LogP contribution < -0.4 is 0 Å². The van der Waals surface area contributed by atoms with Crippen LogP contribution in [-0.4, -0.2) is 37.1 Å². The molecule has 1 amide bonds. The molecule has 0 aromatic rings. The Hall–Kier alpha value is -0.570. The van der Waals surface area contributed by atoms with Crippen molar-refractivity contribution < 1.29 is 9.53 Å². The maximum Gasteiger partial charge on any atom is 0.219 e. The van der Waals surface area contributed by atoms with Crippen LogP contribution in [-0.2, 0) is 9.53 Å². The Morgan fingerprint density at radius 2 is 1.92 bits per heavy atom. The second-order valence-corrected chi connectivity index (χ2v) is 2.94. The minimum atomic E-state index is 0. The molecule has 0 atom stereocenters. The quantitative estimate of drug-likeness (QED) is 0.598. The highest BCUT2D eigenvalue weighted by Crippen LogP contribution is 2.12. The first-order valence-electron chi connectivity index (χ1n) is 4.02. The van der Waals surface area contributed by atoms with Gasteiger partial charge in [0.25, 0.3) is 0 Å². The summed E-state index contributed by atoms with van der Waals surface area (Å²) in [6.45, 7) is 3.33. The first-order valence-corrected chi connectivity index (χ1v) is 4.02. The fraction of sp³-hybridized carbons (Fsp3) is 0.889. The predicted molar refractivity (Wildman–Crippen MR) is 49.0 cm³/mol. The molecule has 1 fully saturated rings. The number of nitrogens with zero attached hydrogens (tertiary/aromatic N) is 1. The number of carbonyl (C=O) groups is 1. The van der Waals surface area contributed by atoms with Gasteiger partial charge >= 0.3 is 0 Å². The number of amides is 1. The highest BCUT2D eigenvalue weighted by Gasteiger charge is 2.19. The van der Waals surface area contributed by atoms with Gasteiger partial charge in [0.2, 0.25) is 5.91 Å². The average Bonchev–Trinajstić information content (AvgIpc) is 2.05. The Labute approximate surface area is 74.7 Å². The van der Waals surface area contributed by atoms with Crippen LogP contribution in [0, 0.1) is 0 Å². The fourth-order valence-electron chi connectivity index (χ4n) is 1.41. The number of hydrogen-bond donors (Lipinski definition) is 0. The van der Waals surface area contributed by atoms with E-state index in [2.05, 4.69) is 0 Å². The Morgan fingerprint density at radius 3 is 2.25 bits per heavy atom. The van der Waals surface area contributed by atoms with Crippen LogP contribution in [0.3, 0.4) is 0 Å². The predicted octanol–water partition coefficient (Wildman–Crippen LogP) is 1.28. The normalized spacial score (nSPS) is 18.7. The first-order chi connectivity index (χ1) is 5.24. The van der Waals surface area contributed by atoms with E-state index in [1.165, 1.54) is 0 Å². The zero-order valence-corrected chi connectivity index (χ0v) is 7.17. The number of likely N-dealkylation sites (tertiary alicyclic amines) is 1. The Balaban J connectivity index is 0.00000121. The topological polar surface area (TPSA) is 29.5 Å². The summed E-state index contributed by atoms with van der Waals surface area (Å²) < 4.78 is 5.18. The molecule has 72 valence electrons. The van der Waals surface area contributed by atoms with Crippen LogP contribution in [0.25, 0.3) is 0 Å². The third-order valence-electron chi connectivity index (χ3n) is 2.22. The van der Waals surface area contributed by atoms with Crippen LogP contribution in [0.1, 0.15) is 27.2 Å². The molecule has 1 heterocycles. The van der Waals surface area contributed by atoms with E-state index in [-0.39, 0.29) is 13.3 Å². The summed E-state index contributed by atoms with van der Waals surface area (Å²) in [6.07, 6.45) is 2.33. The van der Waals surface area contributed by atoms with Crippen molar-refractivity contribution in [3.63, 3.8) is 0 Å². The molecule has 1 rings (SSSR count). The van der Waals surface area contributed by atoms with Gasteiger partial charge in [-0.25, -0.2) is 0 Å². The standard InChI is InChI=1S/C8H15NO2.CH4/c1-7(10)9-5-3-8(11-2)4-6-9;/h8H,3-6H2,1-2H3;1H4. The van der Waals surface area contributed by atoms with Crippen LogP contribution in [0.15, 0.2) is 0 Å². The number of hydrogen-bond acceptors (Lipinski definition) is 2. The maximum atomic E-state index is 10.9. The molecule has 1 aliphatic heterocycles. The lowest BCUT2D eigenvalue weighted by atomic mass is 10.1. The zero-order chi connectivity index (χ0) is 8.27. The molecular weight excluding hydrogens is 154 g/mol. The van der Waals surface area contributed by atoms with E-state index >= 15 is 0 Å². The van der Waals surface area contributed by atoms with Crippen molar-refractivity contribution in [3.8, 4) is 0 Å². The van der Waals surface area contributed by atoms with E-state index in [4.69, 9.17) is 4.74 Å². The molecule has 0 saturated carbocycles. The summed E-state index contributed by atoms with van der Waals surface area (Å²) >= 11 is 0. The maximum absolute atomic E-state index is 10.9. The highest BCUT2D eigenvalue weighted by molar-refractivity contribution is 5.73. The molecule has 0 unspecified atom stereocenters. The Kier molecular flexibility index (Phi) is 4.90. The van der Waals surface area contributed by atoms with Gasteiger partial charge in [-0.15, -0.1) is 0 Å². The van der Waals surface area contributed by atoms with E-state index < -0.39 is 0 Å². The van der Waals surface area contributed by atoms with E-state index in [0.717, 1.165) is 25.9 Å². The van der Waals surface area contributed by atoms with Crippen molar-refractivity contribution in [3.05, 3.63) is 0 Å². The largest absolute Gasteiger partial charge is 0.381 e. The molecule has 0 spiro atoms. The molecular formula is C9H19NO2. The second-order valence-electron chi connectivity index (χ2n) is 2.94. The van der Waals surface area contributed by atoms with Crippen LogP contribution >= 0.6 is 0 Å². The number of methoxy groups -OCH3 is 1. The third-order valence-corrected chi connectivity index (χ3v) is 2.22. The first kappa shape index (κ1) is 11.4. The monoisotopic (exact) mass is 173 g/mol. The lowest BCUT2D eigenvalue weighted by Gasteiger charge is -2.30. The molecule has 1 aliphatic rings. The van der Waals surface area contributed by atoms with E-state index in [1.807, 2.05) is 4.90 Å². The molecule has 3 nitrogen and oxygen atoms in total. The van der Waals surface area contributed by atoms with Gasteiger partial charge in [0.05, 0.1) is 6.10 Å². The SMILES string of the molecule is C.COC1CCN(C(C)=O)CC1. The number of rotatable bonds is 1. The van der Waals surface area contributed by atoms with E-state index in [1.54, 1.807) is 14.0 Å². The van der Waals surface area contributed by atoms with Gasteiger partial charge in [-0.05, 0) is 12.8 Å². The molecule has 3 heteroatoms. The summed E-state index contributed by atoms with van der Waals surface area (Å²) in [5.74, 6) is 0.180. The van der Waals surface area contributed by atoms with Gasteiger partial charge in [0.1, 0.15) is 0 Å². The molecule has 0 aliphatic carbocycles. The number of carbonyl (C=O) groups excluding carboxylic acids is 1. The van der Waals surface area contributed by atoms with Crippen molar-refractivity contribution in [1.82, 2.24) is 4.90 Å². The summed E-state index contributed by atoms with van der Waals surface area (Å²) in [6, 6.07) is 0. The smallest absolute Gasteiger partial charge is 0.219 e. The lowest BCUT2D eigenvalue weighted by Crippen LogP contribution is -2.39. The highest BCUT2D eigenvalue weighted by atomic mass is 16.5. The van der Waals surface area contributed by atoms with Crippen LogP contribution in [0.4, 0.5) is 0 Å². The Morgan fingerprint density at radius 1 is 1.42 bits per heavy atom. The van der Waals surface area contributed by atoms with Gasteiger partial charge in [-0.1, -0.05) is 7.43 Å². The number of ether oxygens (including phenoxy) is 1. The summed E-state index contributed by atoms with van der Waals surface area (Å²) in [5.41, 5.74) is 0. The summed E-state index contributed by atoms with van der Waals surface area (Å²) in [5, 5.41) is 0. The molecule has 0 bridgehead atoms. The van der Waals surface area contributed by atoms with Crippen molar-refractivity contribution in [1.29, 1.82) is 0 Å². The molecule has 0 aromatic heterocycles. The second kappa shape index (κ2) is 5.14. The van der Waals surface area contributed by atoms with Gasteiger partial charge in [0.15, 0.2) is 0 Å². The number of piperidine rings is 1. The van der Waals surface area contributed by atoms with Crippen LogP contribution in [0.5, 0.6) is 0 Å². The summed E-state index contributed by atoms with van der Waals surface area (Å²) in [4.78, 5) is 12.7. The lowest BCUT2D eigenvalue weighted by molar-refractivity contribution is -0.131. The average molecular weight is 173 g/mol. The van der Waals surface area contributed by atoms with E-state index in [9.17, 15) is 4.79 Å². The Bertz CT molecular complexity index is 139. The van der Waals surface area contributed by atoms with Crippen molar-refractivity contribution in [2.75, 3.05) is 20.2 Å². The molecule has 12 heavy (non-hydrogen) atoms. The van der Waals surface area contributed by atoms with Gasteiger partial charge < -0.3 is 9.64 Å². The summed E-state index contributed by atoms with van der Waals surface area (Å²) in [7, 11) is 1.73. The molecule has 0 radical (unpaired) electrons. The van der Waals surface area contributed by atoms with Crippen molar-refractivity contribution in [2.45, 2.75) is 33.3 Å². The van der Waals surface area contributed by atoms with Crippen LogP contribution in [0.2, 0.25) is 0 Å². The molecule has 0 aromatic carbocycles. The zero-order valence-electron chi connectivity index (χ0n) is 7.17. The van der Waals surface area contributed by atoms with Gasteiger partial charge in [-0.2, -0.15) is 0 Å². The van der Waals surface area contributed by atoms with Gasteiger partial charge in [-0.3, -0.25) is 4.79 Å². The molecule has 0 N–H and O–H groups in total. The van der Waals surface area contributed by atoms with Crippen molar-refractivity contribution in [2.24, 2.45) is 0 Å². The minimum Gasteiger partial charge on any atom is -0.381 e. The minimum absolute atomic E-state index is 0. The fourth-order valence-corrected chi connectivity index (χ4v) is 1.41. The van der Waals surface area contributed by atoms with Crippen molar-refractivity contribution >= 4 is 5.91 Å². The van der Waals surface area contributed by atoms with Gasteiger partial charge in [0, 0.05) is 27.1 Å². The third kappa shape index (κ3) is 2.81.